The van der Waals surface area contributed by atoms with E-state index in [-0.39, 0.29) is 6.04 Å². The Balaban J connectivity index is 2.38. The Bertz CT molecular complexity index is 524. The lowest BCUT2D eigenvalue weighted by Crippen LogP contribution is -2.43. The van der Waals surface area contributed by atoms with Gasteiger partial charge in [-0.25, -0.2) is 8.42 Å². The van der Waals surface area contributed by atoms with E-state index in [4.69, 9.17) is 0 Å². The third-order valence-electron chi connectivity index (χ3n) is 3.47. The molecule has 1 aromatic rings. The molecule has 0 N–H and O–H groups in total. The Morgan fingerprint density at radius 2 is 2.22 bits per heavy atom. The normalized spacial score (nSPS) is 22.3. The van der Waals surface area contributed by atoms with Gasteiger partial charge in [0.05, 0.1) is 8.68 Å². The van der Waals surface area contributed by atoms with Crippen molar-refractivity contribution in [2.24, 2.45) is 0 Å². The lowest BCUT2D eigenvalue weighted by atomic mass is 10.0. The van der Waals surface area contributed by atoms with E-state index in [9.17, 15) is 8.42 Å². The predicted molar refractivity (Wildman–Crippen MR) is 78.6 cm³/mol. The zero-order valence-corrected chi connectivity index (χ0v) is 13.9. The number of hydrogen-bond acceptors (Lipinski definition) is 3. The summed E-state index contributed by atoms with van der Waals surface area (Å²) in [6, 6.07) is 1.90. The SMILES string of the molecule is CCC1CCCCN1S(=O)(=O)c1cc(Br)sc1C. The molecule has 0 saturated carbocycles. The number of hydrogen-bond donors (Lipinski definition) is 0. The molecule has 0 spiro atoms. The highest BCUT2D eigenvalue weighted by atomic mass is 79.9. The van der Waals surface area contributed by atoms with Crippen molar-refractivity contribution in [3.8, 4) is 0 Å². The molecule has 0 amide bonds. The molecule has 3 nitrogen and oxygen atoms in total. The van der Waals surface area contributed by atoms with E-state index in [2.05, 4.69) is 22.9 Å². The Labute approximate surface area is 121 Å². The van der Waals surface area contributed by atoms with E-state index in [1.165, 1.54) is 11.3 Å². The summed E-state index contributed by atoms with van der Waals surface area (Å²) in [7, 11) is -3.32. The first-order valence-electron chi connectivity index (χ1n) is 6.24. The minimum absolute atomic E-state index is 0.168. The number of sulfonamides is 1. The summed E-state index contributed by atoms with van der Waals surface area (Å²) in [5.74, 6) is 0. The first-order chi connectivity index (χ1) is 8.46. The van der Waals surface area contributed by atoms with Gasteiger partial charge in [0.1, 0.15) is 0 Å². The van der Waals surface area contributed by atoms with E-state index in [0.717, 1.165) is 34.3 Å². The average Bonchev–Trinajstić information content (AvgIpc) is 2.69. The van der Waals surface area contributed by atoms with E-state index >= 15 is 0 Å². The first kappa shape index (κ1) is 14.5. The lowest BCUT2D eigenvalue weighted by molar-refractivity contribution is 0.246. The molecule has 0 radical (unpaired) electrons. The molecule has 18 heavy (non-hydrogen) atoms. The summed E-state index contributed by atoms with van der Waals surface area (Å²) >= 11 is 4.85. The summed E-state index contributed by atoms with van der Waals surface area (Å²) in [6.07, 6.45) is 3.99. The van der Waals surface area contributed by atoms with Gasteiger partial charge < -0.3 is 0 Å². The molecule has 102 valence electrons. The summed E-state index contributed by atoms with van der Waals surface area (Å²) < 4.78 is 28.0. The molecular weight excluding hydrogens is 334 g/mol. The quantitative estimate of drug-likeness (QED) is 0.830. The van der Waals surface area contributed by atoms with Gasteiger partial charge in [0, 0.05) is 17.5 Å². The Morgan fingerprint density at radius 1 is 1.50 bits per heavy atom. The van der Waals surface area contributed by atoms with Crippen LogP contribution in [0.15, 0.2) is 14.7 Å². The van der Waals surface area contributed by atoms with Crippen LogP contribution in [0.1, 0.15) is 37.5 Å². The summed E-state index contributed by atoms with van der Waals surface area (Å²) in [5, 5.41) is 0. The topological polar surface area (TPSA) is 37.4 Å². The second-order valence-electron chi connectivity index (χ2n) is 4.64. The summed E-state index contributed by atoms with van der Waals surface area (Å²) in [6.45, 7) is 4.59. The standard InChI is InChI=1S/C12H18BrNO2S2/c1-3-10-6-4-5-7-14(10)18(15,16)11-8-12(13)17-9(11)2/h8,10H,3-7H2,1-2H3. The zero-order chi connectivity index (χ0) is 13.3. The van der Waals surface area contributed by atoms with Gasteiger partial charge in [0.25, 0.3) is 0 Å². The van der Waals surface area contributed by atoms with Gasteiger partial charge >= 0.3 is 0 Å². The fourth-order valence-corrected chi connectivity index (χ4v) is 6.66. The molecule has 6 heteroatoms. The third kappa shape index (κ3) is 2.66. The van der Waals surface area contributed by atoms with Crippen molar-refractivity contribution in [1.82, 2.24) is 4.31 Å². The van der Waals surface area contributed by atoms with Gasteiger partial charge in [-0.05, 0) is 48.2 Å². The van der Waals surface area contributed by atoms with Crippen LogP contribution >= 0.6 is 27.3 Å². The molecular formula is C12H18BrNO2S2. The second kappa shape index (κ2) is 5.61. The van der Waals surface area contributed by atoms with Gasteiger partial charge in [-0.2, -0.15) is 4.31 Å². The molecule has 1 aliphatic heterocycles. The Hall–Kier alpha value is 0.0900. The van der Waals surface area contributed by atoms with E-state index in [1.807, 2.05) is 6.92 Å². The molecule has 1 unspecified atom stereocenters. The molecule has 0 bridgehead atoms. The third-order valence-corrected chi connectivity index (χ3v) is 7.23. The van der Waals surface area contributed by atoms with Crippen LogP contribution in [0.3, 0.4) is 0 Å². The maximum Gasteiger partial charge on any atom is 0.244 e. The summed E-state index contributed by atoms with van der Waals surface area (Å²) in [4.78, 5) is 1.34. The molecule has 1 saturated heterocycles. The van der Waals surface area contributed by atoms with Crippen molar-refractivity contribution in [2.75, 3.05) is 6.54 Å². The monoisotopic (exact) mass is 351 g/mol. The molecule has 1 fully saturated rings. The fraction of sp³-hybridized carbons (Fsp3) is 0.667. The van der Waals surface area contributed by atoms with Crippen LogP contribution in [0.4, 0.5) is 0 Å². The Kier molecular flexibility index (Phi) is 4.52. The highest BCUT2D eigenvalue weighted by molar-refractivity contribution is 9.11. The van der Waals surface area contributed by atoms with Crippen molar-refractivity contribution < 1.29 is 8.42 Å². The van der Waals surface area contributed by atoms with E-state index in [1.54, 1.807) is 10.4 Å². The molecule has 1 aromatic heterocycles. The number of thiophene rings is 1. The van der Waals surface area contributed by atoms with Crippen LogP contribution in [-0.4, -0.2) is 25.3 Å². The van der Waals surface area contributed by atoms with Crippen LogP contribution in [0.2, 0.25) is 0 Å². The Morgan fingerprint density at radius 3 is 2.78 bits per heavy atom. The number of nitrogens with zero attached hydrogens (tertiary/aromatic N) is 1. The average molecular weight is 352 g/mol. The minimum atomic E-state index is -3.32. The van der Waals surface area contributed by atoms with Crippen LogP contribution in [0, 0.1) is 6.92 Å². The van der Waals surface area contributed by atoms with Gasteiger partial charge in [-0.15, -0.1) is 11.3 Å². The molecule has 0 aromatic carbocycles. The molecule has 2 heterocycles. The van der Waals surface area contributed by atoms with Crippen LogP contribution in [0.25, 0.3) is 0 Å². The van der Waals surface area contributed by atoms with Crippen LogP contribution in [0.5, 0.6) is 0 Å². The van der Waals surface area contributed by atoms with Crippen molar-refractivity contribution in [1.29, 1.82) is 0 Å². The van der Waals surface area contributed by atoms with Crippen molar-refractivity contribution >= 4 is 37.3 Å². The van der Waals surface area contributed by atoms with Crippen molar-refractivity contribution in [3.05, 3.63) is 14.7 Å². The number of aryl methyl sites for hydroxylation is 1. The van der Waals surface area contributed by atoms with Gasteiger partial charge in [-0.1, -0.05) is 13.3 Å². The highest BCUT2D eigenvalue weighted by Gasteiger charge is 2.34. The molecule has 1 aliphatic rings. The lowest BCUT2D eigenvalue weighted by Gasteiger charge is -2.34. The smallest absolute Gasteiger partial charge is 0.207 e. The molecule has 1 atom stereocenters. The van der Waals surface area contributed by atoms with E-state index < -0.39 is 10.0 Å². The minimum Gasteiger partial charge on any atom is -0.207 e. The number of halogens is 1. The van der Waals surface area contributed by atoms with Gasteiger partial charge in [0.15, 0.2) is 0 Å². The van der Waals surface area contributed by atoms with Crippen LogP contribution in [-0.2, 0) is 10.0 Å². The fourth-order valence-electron chi connectivity index (χ4n) is 2.51. The zero-order valence-electron chi connectivity index (χ0n) is 10.6. The van der Waals surface area contributed by atoms with Crippen molar-refractivity contribution in [3.63, 3.8) is 0 Å². The summed E-state index contributed by atoms with van der Waals surface area (Å²) in [5.41, 5.74) is 0. The van der Waals surface area contributed by atoms with E-state index in [0.29, 0.717) is 11.4 Å². The maximum absolute atomic E-state index is 12.7. The second-order valence-corrected chi connectivity index (χ2v) is 9.14. The maximum atomic E-state index is 12.7. The number of piperidine rings is 1. The largest absolute Gasteiger partial charge is 0.244 e. The first-order valence-corrected chi connectivity index (χ1v) is 9.29. The van der Waals surface area contributed by atoms with Gasteiger partial charge in [0.2, 0.25) is 10.0 Å². The predicted octanol–water partition coefficient (Wildman–Crippen LogP) is 3.77. The van der Waals surface area contributed by atoms with Gasteiger partial charge in [-0.3, -0.25) is 0 Å². The molecule has 0 aliphatic carbocycles. The number of rotatable bonds is 3. The highest BCUT2D eigenvalue weighted by Crippen LogP contribution is 2.34. The van der Waals surface area contributed by atoms with Crippen molar-refractivity contribution in [2.45, 2.75) is 50.5 Å². The van der Waals surface area contributed by atoms with Crippen LogP contribution < -0.4 is 0 Å². The molecule has 2 rings (SSSR count).